The average Bonchev–Trinajstić information content (AvgIpc) is 3.16. The zero-order valence-corrected chi connectivity index (χ0v) is 12.5. The van der Waals surface area contributed by atoms with Crippen molar-refractivity contribution < 1.29 is 9.53 Å². The van der Waals surface area contributed by atoms with Gasteiger partial charge in [-0.1, -0.05) is 6.92 Å². The number of nitrogens with zero attached hydrogens (tertiary/aromatic N) is 1. The molecule has 1 saturated carbocycles. The fraction of sp³-hybridized carbons (Fsp3) is 0.929. The first-order chi connectivity index (χ1) is 8.40. The van der Waals surface area contributed by atoms with Crippen molar-refractivity contribution in [2.75, 3.05) is 20.7 Å². The second-order valence-electron chi connectivity index (χ2n) is 5.89. The molecule has 4 heteroatoms. The summed E-state index contributed by atoms with van der Waals surface area (Å²) in [6, 6.07) is 0.371. The Bertz CT molecular complexity index is 275. The van der Waals surface area contributed by atoms with Crippen LogP contribution in [0, 0.1) is 0 Å². The Labute approximate surface area is 111 Å². The summed E-state index contributed by atoms with van der Waals surface area (Å²) < 4.78 is 4.87. The van der Waals surface area contributed by atoms with E-state index in [1.807, 2.05) is 0 Å². The Morgan fingerprint density at radius 2 is 2.11 bits per heavy atom. The van der Waals surface area contributed by atoms with E-state index in [2.05, 4.69) is 38.0 Å². The predicted octanol–water partition coefficient (Wildman–Crippen LogP) is 1.79. The highest BCUT2D eigenvalue weighted by molar-refractivity contribution is 5.75. The van der Waals surface area contributed by atoms with Crippen LogP contribution in [0.15, 0.2) is 0 Å². The Hall–Kier alpha value is -0.610. The second-order valence-corrected chi connectivity index (χ2v) is 5.89. The van der Waals surface area contributed by atoms with Gasteiger partial charge in [0, 0.05) is 18.1 Å². The van der Waals surface area contributed by atoms with Gasteiger partial charge in [-0.3, -0.25) is 4.79 Å². The quantitative estimate of drug-likeness (QED) is 0.672. The SMILES string of the molecule is CCC(C)(C)N(C)CCC(NC1CC1)C(=O)OC. The number of carbonyl (C=O) groups excluding carboxylic acids is 1. The fourth-order valence-corrected chi connectivity index (χ4v) is 1.84. The molecular weight excluding hydrogens is 228 g/mol. The first-order valence-corrected chi connectivity index (χ1v) is 6.95. The first-order valence-electron chi connectivity index (χ1n) is 6.95. The largest absolute Gasteiger partial charge is 0.468 e. The van der Waals surface area contributed by atoms with Crippen molar-refractivity contribution in [3.63, 3.8) is 0 Å². The van der Waals surface area contributed by atoms with E-state index in [0.29, 0.717) is 6.04 Å². The van der Waals surface area contributed by atoms with Gasteiger partial charge in [0.25, 0.3) is 0 Å². The van der Waals surface area contributed by atoms with E-state index in [0.717, 1.165) is 19.4 Å². The smallest absolute Gasteiger partial charge is 0.322 e. The molecule has 4 nitrogen and oxygen atoms in total. The van der Waals surface area contributed by atoms with Gasteiger partial charge in [0.05, 0.1) is 7.11 Å². The molecular formula is C14H28N2O2. The number of esters is 1. The van der Waals surface area contributed by atoms with E-state index in [-0.39, 0.29) is 17.6 Å². The summed E-state index contributed by atoms with van der Waals surface area (Å²) >= 11 is 0. The molecule has 0 aliphatic heterocycles. The van der Waals surface area contributed by atoms with Crippen LogP contribution in [0.25, 0.3) is 0 Å². The molecule has 0 aromatic heterocycles. The van der Waals surface area contributed by atoms with Crippen LogP contribution >= 0.6 is 0 Å². The molecule has 1 aliphatic carbocycles. The van der Waals surface area contributed by atoms with Gasteiger partial charge in [0.15, 0.2) is 0 Å². The van der Waals surface area contributed by atoms with Crippen LogP contribution in [0.1, 0.15) is 46.5 Å². The van der Waals surface area contributed by atoms with Gasteiger partial charge >= 0.3 is 5.97 Å². The monoisotopic (exact) mass is 256 g/mol. The molecule has 0 spiro atoms. The summed E-state index contributed by atoms with van der Waals surface area (Å²) in [4.78, 5) is 14.0. The molecule has 1 N–H and O–H groups in total. The summed E-state index contributed by atoms with van der Waals surface area (Å²) in [7, 11) is 3.58. The Morgan fingerprint density at radius 1 is 1.50 bits per heavy atom. The molecule has 1 atom stereocenters. The number of methoxy groups -OCH3 is 1. The van der Waals surface area contributed by atoms with Crippen LogP contribution < -0.4 is 5.32 Å². The summed E-state index contributed by atoms with van der Waals surface area (Å²) in [5.41, 5.74) is 0.181. The van der Waals surface area contributed by atoms with Gasteiger partial charge in [0.1, 0.15) is 6.04 Å². The molecule has 0 radical (unpaired) electrons. The first kappa shape index (κ1) is 15.4. The van der Waals surface area contributed by atoms with Crippen molar-refractivity contribution in [2.24, 2.45) is 0 Å². The maximum atomic E-state index is 11.7. The molecule has 1 unspecified atom stereocenters. The lowest BCUT2D eigenvalue weighted by atomic mass is 9.99. The molecule has 1 rings (SSSR count). The highest BCUT2D eigenvalue weighted by Gasteiger charge is 2.30. The minimum absolute atomic E-state index is 0.135. The third-order valence-corrected chi connectivity index (χ3v) is 4.15. The fourth-order valence-electron chi connectivity index (χ4n) is 1.84. The summed E-state index contributed by atoms with van der Waals surface area (Å²) in [6.07, 6.45) is 4.28. The topological polar surface area (TPSA) is 41.6 Å². The highest BCUT2D eigenvalue weighted by atomic mass is 16.5. The van der Waals surface area contributed by atoms with Gasteiger partial charge in [-0.2, -0.15) is 0 Å². The second kappa shape index (κ2) is 6.53. The van der Waals surface area contributed by atoms with Crippen molar-refractivity contribution >= 4 is 5.97 Å². The minimum atomic E-state index is -0.155. The van der Waals surface area contributed by atoms with Crippen LogP contribution in [0.5, 0.6) is 0 Å². The van der Waals surface area contributed by atoms with E-state index >= 15 is 0 Å². The van der Waals surface area contributed by atoms with Crippen LogP contribution in [0.4, 0.5) is 0 Å². The Morgan fingerprint density at radius 3 is 2.56 bits per heavy atom. The summed E-state index contributed by atoms with van der Waals surface area (Å²) in [5, 5.41) is 3.37. The van der Waals surface area contributed by atoms with Crippen LogP contribution in [-0.2, 0) is 9.53 Å². The van der Waals surface area contributed by atoms with Crippen molar-refractivity contribution in [3.8, 4) is 0 Å². The minimum Gasteiger partial charge on any atom is -0.468 e. The average molecular weight is 256 g/mol. The number of ether oxygens (including phenoxy) is 1. The predicted molar refractivity (Wildman–Crippen MR) is 73.6 cm³/mol. The molecule has 0 aromatic rings. The number of nitrogens with one attached hydrogen (secondary N) is 1. The molecule has 0 aromatic carbocycles. The molecule has 0 heterocycles. The highest BCUT2D eigenvalue weighted by Crippen LogP contribution is 2.21. The summed E-state index contributed by atoms with van der Waals surface area (Å²) in [5.74, 6) is -0.135. The molecule has 106 valence electrons. The zero-order valence-electron chi connectivity index (χ0n) is 12.5. The van der Waals surface area contributed by atoms with E-state index in [1.165, 1.54) is 20.0 Å². The molecule has 1 aliphatic rings. The van der Waals surface area contributed by atoms with E-state index in [1.54, 1.807) is 0 Å². The third-order valence-electron chi connectivity index (χ3n) is 4.15. The number of carbonyl (C=O) groups is 1. The molecule has 0 bridgehead atoms. The number of rotatable bonds is 8. The van der Waals surface area contributed by atoms with Crippen molar-refractivity contribution in [2.45, 2.75) is 64.1 Å². The molecule has 1 fully saturated rings. The molecule has 0 amide bonds. The summed E-state index contributed by atoms with van der Waals surface area (Å²) in [6.45, 7) is 7.56. The Balaban J connectivity index is 2.42. The van der Waals surface area contributed by atoms with Crippen molar-refractivity contribution in [1.29, 1.82) is 0 Å². The van der Waals surface area contributed by atoms with Crippen molar-refractivity contribution in [3.05, 3.63) is 0 Å². The van der Waals surface area contributed by atoms with Crippen molar-refractivity contribution in [1.82, 2.24) is 10.2 Å². The maximum Gasteiger partial charge on any atom is 0.322 e. The normalized spacial score (nSPS) is 17.9. The third kappa shape index (κ3) is 4.58. The van der Waals surface area contributed by atoms with E-state index in [4.69, 9.17) is 4.74 Å². The molecule has 18 heavy (non-hydrogen) atoms. The lowest BCUT2D eigenvalue weighted by Gasteiger charge is -2.35. The van der Waals surface area contributed by atoms with Gasteiger partial charge in [-0.15, -0.1) is 0 Å². The van der Waals surface area contributed by atoms with Crippen LogP contribution in [-0.4, -0.2) is 49.2 Å². The van der Waals surface area contributed by atoms with E-state index < -0.39 is 0 Å². The van der Waals surface area contributed by atoms with Gasteiger partial charge in [-0.25, -0.2) is 0 Å². The lowest BCUT2D eigenvalue weighted by Crippen LogP contribution is -2.45. The van der Waals surface area contributed by atoms with Crippen LogP contribution in [0.3, 0.4) is 0 Å². The maximum absolute atomic E-state index is 11.7. The zero-order chi connectivity index (χ0) is 13.8. The van der Waals surface area contributed by atoms with Crippen LogP contribution in [0.2, 0.25) is 0 Å². The number of hydrogen-bond acceptors (Lipinski definition) is 4. The Kier molecular flexibility index (Phi) is 5.60. The lowest BCUT2D eigenvalue weighted by molar-refractivity contribution is -0.143. The number of hydrogen-bond donors (Lipinski definition) is 1. The van der Waals surface area contributed by atoms with Gasteiger partial charge in [0.2, 0.25) is 0 Å². The van der Waals surface area contributed by atoms with Gasteiger partial charge in [-0.05, 0) is 46.6 Å². The van der Waals surface area contributed by atoms with E-state index in [9.17, 15) is 4.79 Å². The van der Waals surface area contributed by atoms with Gasteiger partial charge < -0.3 is 15.0 Å². The standard InChI is InChI=1S/C14H28N2O2/c1-6-14(2,3)16(4)10-9-12(13(17)18-5)15-11-7-8-11/h11-12,15H,6-10H2,1-5H3. The molecule has 0 saturated heterocycles.